The third-order valence-electron chi connectivity index (χ3n) is 3.17. The number of nitrogens with zero attached hydrogens (tertiary/aromatic N) is 4. The molecule has 21 heavy (non-hydrogen) atoms. The van der Waals surface area contributed by atoms with Crippen molar-refractivity contribution in [3.63, 3.8) is 0 Å². The number of pyridine rings is 1. The van der Waals surface area contributed by atoms with Crippen LogP contribution in [0.25, 0.3) is 0 Å². The Kier molecular flexibility index (Phi) is 6.22. The molecule has 0 aliphatic heterocycles. The largest absolute Gasteiger partial charge is 0.409 e. The van der Waals surface area contributed by atoms with E-state index in [4.69, 9.17) is 10.9 Å². The van der Waals surface area contributed by atoms with Gasteiger partial charge in [-0.1, -0.05) is 5.16 Å². The lowest BCUT2D eigenvalue weighted by molar-refractivity contribution is -0.385. The zero-order chi connectivity index (χ0) is 16.0. The molecular weight excluding hydrogens is 294 g/mol. The number of thioether (sulfide) groups is 1. The molecule has 0 spiro atoms. The Morgan fingerprint density at radius 1 is 1.67 bits per heavy atom. The number of nitro groups is 1. The summed E-state index contributed by atoms with van der Waals surface area (Å²) in [6, 6.07) is 3.08. The molecule has 116 valence electrons. The van der Waals surface area contributed by atoms with E-state index in [0.29, 0.717) is 5.82 Å². The smallest absolute Gasteiger partial charge is 0.298 e. The maximum Gasteiger partial charge on any atom is 0.298 e. The molecule has 0 aromatic carbocycles. The Morgan fingerprint density at radius 2 is 2.33 bits per heavy atom. The topological polar surface area (TPSA) is 118 Å². The van der Waals surface area contributed by atoms with E-state index >= 15 is 0 Å². The Balaban J connectivity index is 3.13. The van der Waals surface area contributed by atoms with E-state index in [9.17, 15) is 10.1 Å². The van der Waals surface area contributed by atoms with E-state index < -0.39 is 4.92 Å². The van der Waals surface area contributed by atoms with Crippen LogP contribution in [0.3, 0.4) is 0 Å². The SMILES string of the molecule is CSCCC(C)N(C)c1ccc([N+](=O)[O-])c(/C(N)=N/O)n1. The number of oxime groups is 1. The number of hydrogen-bond donors (Lipinski definition) is 2. The van der Waals surface area contributed by atoms with Crippen molar-refractivity contribution in [2.45, 2.75) is 19.4 Å². The summed E-state index contributed by atoms with van der Waals surface area (Å²) in [5, 5.41) is 22.5. The maximum absolute atomic E-state index is 11.0. The summed E-state index contributed by atoms with van der Waals surface area (Å²) in [4.78, 5) is 16.4. The van der Waals surface area contributed by atoms with Gasteiger partial charge in [0.1, 0.15) is 5.82 Å². The molecule has 0 saturated carbocycles. The van der Waals surface area contributed by atoms with E-state index in [1.165, 1.54) is 6.07 Å². The van der Waals surface area contributed by atoms with Gasteiger partial charge in [0.25, 0.3) is 5.69 Å². The first-order valence-corrected chi connectivity index (χ1v) is 7.66. The van der Waals surface area contributed by atoms with Crippen LogP contribution in [0.2, 0.25) is 0 Å². The molecular formula is C12H19N5O3S. The standard InChI is InChI=1S/C12H19N5O3S/c1-8(6-7-21-3)16(2)10-5-4-9(17(19)20)11(14-10)12(13)15-18/h4-5,8,18H,6-7H2,1-3H3,(H2,13,15). The lowest BCUT2D eigenvalue weighted by atomic mass is 10.2. The van der Waals surface area contributed by atoms with Crippen molar-refractivity contribution in [1.82, 2.24) is 4.98 Å². The summed E-state index contributed by atoms with van der Waals surface area (Å²) in [6.45, 7) is 2.04. The second kappa shape index (κ2) is 7.67. The van der Waals surface area contributed by atoms with Gasteiger partial charge >= 0.3 is 0 Å². The van der Waals surface area contributed by atoms with Gasteiger partial charge in [0.15, 0.2) is 11.5 Å². The molecule has 1 aromatic heterocycles. The van der Waals surface area contributed by atoms with Crippen LogP contribution in [-0.2, 0) is 0 Å². The van der Waals surface area contributed by atoms with Crippen LogP contribution >= 0.6 is 11.8 Å². The predicted octanol–water partition coefficient (Wildman–Crippen LogP) is 1.66. The van der Waals surface area contributed by atoms with E-state index in [-0.39, 0.29) is 23.3 Å². The molecule has 1 rings (SSSR count). The number of anilines is 1. The summed E-state index contributed by atoms with van der Waals surface area (Å²) < 4.78 is 0. The zero-order valence-corrected chi connectivity index (χ0v) is 13.0. The minimum atomic E-state index is -0.610. The number of nitrogens with two attached hydrogens (primary N) is 1. The molecule has 1 unspecified atom stereocenters. The molecule has 0 radical (unpaired) electrons. The molecule has 9 heteroatoms. The normalized spacial score (nSPS) is 13.0. The van der Waals surface area contributed by atoms with Gasteiger partial charge in [0.05, 0.1) is 4.92 Å². The van der Waals surface area contributed by atoms with E-state index in [1.807, 2.05) is 25.1 Å². The highest BCUT2D eigenvalue weighted by atomic mass is 32.2. The highest BCUT2D eigenvalue weighted by Gasteiger charge is 2.21. The van der Waals surface area contributed by atoms with Gasteiger partial charge < -0.3 is 15.8 Å². The van der Waals surface area contributed by atoms with Crippen molar-refractivity contribution >= 4 is 29.1 Å². The molecule has 0 bridgehead atoms. The fraction of sp³-hybridized carbons (Fsp3) is 0.500. The summed E-state index contributed by atoms with van der Waals surface area (Å²) in [5.41, 5.74) is 5.04. The summed E-state index contributed by atoms with van der Waals surface area (Å²) in [5.74, 6) is 1.16. The number of rotatable bonds is 7. The van der Waals surface area contributed by atoms with Crippen molar-refractivity contribution in [1.29, 1.82) is 0 Å². The third-order valence-corrected chi connectivity index (χ3v) is 3.81. The van der Waals surface area contributed by atoms with Crippen molar-refractivity contribution in [3.8, 4) is 0 Å². The molecule has 0 amide bonds. The van der Waals surface area contributed by atoms with Gasteiger partial charge in [-0.05, 0) is 31.4 Å². The molecule has 0 fully saturated rings. The van der Waals surface area contributed by atoms with Crippen LogP contribution in [0, 0.1) is 10.1 Å². The second-order valence-corrected chi connectivity index (χ2v) is 5.51. The van der Waals surface area contributed by atoms with Gasteiger partial charge in [0, 0.05) is 19.2 Å². The summed E-state index contributed by atoms with van der Waals surface area (Å²) in [6.07, 6.45) is 2.99. The van der Waals surface area contributed by atoms with Crippen molar-refractivity contribution < 1.29 is 10.1 Å². The van der Waals surface area contributed by atoms with Crippen LogP contribution in [-0.4, -0.2) is 46.0 Å². The highest BCUT2D eigenvalue weighted by Crippen LogP contribution is 2.22. The zero-order valence-electron chi connectivity index (χ0n) is 12.2. The van der Waals surface area contributed by atoms with Crippen molar-refractivity contribution in [2.75, 3.05) is 24.0 Å². The fourth-order valence-corrected chi connectivity index (χ4v) is 2.31. The fourth-order valence-electron chi connectivity index (χ4n) is 1.73. The van der Waals surface area contributed by atoms with E-state index in [0.717, 1.165) is 12.2 Å². The van der Waals surface area contributed by atoms with Gasteiger partial charge in [0.2, 0.25) is 0 Å². The average Bonchev–Trinajstić information content (AvgIpc) is 2.50. The quantitative estimate of drug-likeness (QED) is 0.258. The Morgan fingerprint density at radius 3 is 2.86 bits per heavy atom. The Hall–Kier alpha value is -2.03. The van der Waals surface area contributed by atoms with E-state index in [1.54, 1.807) is 17.8 Å². The third kappa shape index (κ3) is 4.22. The molecule has 0 aliphatic carbocycles. The lowest BCUT2D eigenvalue weighted by Gasteiger charge is -2.26. The first-order chi connectivity index (χ1) is 9.92. The van der Waals surface area contributed by atoms with Gasteiger partial charge in [-0.3, -0.25) is 10.1 Å². The predicted molar refractivity (Wildman–Crippen MR) is 84.3 cm³/mol. The van der Waals surface area contributed by atoms with Crippen LogP contribution in [0.15, 0.2) is 17.3 Å². The summed E-state index contributed by atoms with van der Waals surface area (Å²) >= 11 is 1.75. The molecule has 1 aromatic rings. The first kappa shape index (κ1) is 17.0. The van der Waals surface area contributed by atoms with Crippen molar-refractivity contribution in [3.05, 3.63) is 27.9 Å². The molecule has 0 saturated heterocycles. The van der Waals surface area contributed by atoms with Gasteiger partial charge in [-0.25, -0.2) is 4.98 Å². The van der Waals surface area contributed by atoms with Crippen LogP contribution < -0.4 is 10.6 Å². The monoisotopic (exact) mass is 313 g/mol. The number of aromatic nitrogens is 1. The molecule has 3 N–H and O–H groups in total. The van der Waals surface area contributed by atoms with Crippen LogP contribution in [0.5, 0.6) is 0 Å². The van der Waals surface area contributed by atoms with Crippen LogP contribution in [0.1, 0.15) is 19.0 Å². The minimum Gasteiger partial charge on any atom is -0.409 e. The molecule has 8 nitrogen and oxygen atoms in total. The lowest BCUT2D eigenvalue weighted by Crippen LogP contribution is -2.31. The molecule has 0 aliphatic rings. The highest BCUT2D eigenvalue weighted by molar-refractivity contribution is 7.98. The van der Waals surface area contributed by atoms with Crippen LogP contribution in [0.4, 0.5) is 11.5 Å². The second-order valence-electron chi connectivity index (χ2n) is 4.52. The summed E-state index contributed by atoms with van der Waals surface area (Å²) in [7, 11) is 1.86. The number of hydrogen-bond acceptors (Lipinski definition) is 7. The molecule has 1 atom stereocenters. The number of amidine groups is 1. The van der Waals surface area contributed by atoms with Crippen molar-refractivity contribution in [2.24, 2.45) is 10.9 Å². The Labute approximate surface area is 127 Å². The van der Waals surface area contributed by atoms with Gasteiger partial charge in [-0.2, -0.15) is 11.8 Å². The van der Waals surface area contributed by atoms with E-state index in [2.05, 4.69) is 10.1 Å². The first-order valence-electron chi connectivity index (χ1n) is 6.27. The Bertz CT molecular complexity index is 538. The minimum absolute atomic E-state index is 0.135. The van der Waals surface area contributed by atoms with Gasteiger partial charge in [-0.15, -0.1) is 0 Å². The maximum atomic E-state index is 11.0. The average molecular weight is 313 g/mol. The molecule has 1 heterocycles.